The zero-order chi connectivity index (χ0) is 18.5. The largest absolute Gasteiger partial charge is 0.378 e. The molecule has 0 saturated carbocycles. The second-order valence-electron chi connectivity index (χ2n) is 6.47. The first-order chi connectivity index (χ1) is 13.3. The summed E-state index contributed by atoms with van der Waals surface area (Å²) in [6.45, 7) is 4.76. The Labute approximate surface area is 163 Å². The molecule has 2 heterocycles. The van der Waals surface area contributed by atoms with Crippen LogP contribution in [0.5, 0.6) is 0 Å². The number of H-pyrrole nitrogens is 1. The molecule has 0 unspecified atom stereocenters. The normalized spacial score (nSPS) is 14.5. The maximum atomic E-state index is 6.51. The number of halogens is 1. The number of rotatable bonds is 6. The minimum Gasteiger partial charge on any atom is -0.378 e. The van der Waals surface area contributed by atoms with Gasteiger partial charge in [-0.3, -0.25) is 5.10 Å². The van der Waals surface area contributed by atoms with Crippen LogP contribution in [0, 0.1) is 0 Å². The molecule has 0 spiro atoms. The zero-order valence-electron chi connectivity index (χ0n) is 15.0. The van der Waals surface area contributed by atoms with Crippen molar-refractivity contribution in [1.29, 1.82) is 0 Å². The van der Waals surface area contributed by atoms with Crippen molar-refractivity contribution in [2.24, 2.45) is 0 Å². The van der Waals surface area contributed by atoms with Crippen LogP contribution in [0.4, 0.5) is 5.69 Å². The molecular formula is C20H22ClN5O. The highest BCUT2D eigenvalue weighted by atomic mass is 35.5. The molecule has 1 fully saturated rings. The molecule has 7 heteroatoms. The van der Waals surface area contributed by atoms with Crippen LogP contribution in [0.1, 0.15) is 11.1 Å². The second kappa shape index (κ2) is 8.52. The van der Waals surface area contributed by atoms with E-state index in [-0.39, 0.29) is 0 Å². The highest BCUT2D eigenvalue weighted by Crippen LogP contribution is 2.28. The number of benzene rings is 2. The average molecular weight is 384 g/mol. The first-order valence-electron chi connectivity index (χ1n) is 9.07. The van der Waals surface area contributed by atoms with Crippen molar-refractivity contribution in [3.63, 3.8) is 0 Å². The molecule has 27 heavy (non-hydrogen) atoms. The third-order valence-corrected chi connectivity index (χ3v) is 5.05. The molecular weight excluding hydrogens is 362 g/mol. The number of ether oxygens (including phenoxy) is 1. The van der Waals surface area contributed by atoms with Crippen LogP contribution in [-0.4, -0.2) is 41.5 Å². The third kappa shape index (κ3) is 4.30. The predicted octanol–water partition coefficient (Wildman–Crippen LogP) is 3.25. The number of anilines is 1. The molecule has 3 aromatic rings. The molecule has 0 radical (unpaired) electrons. The Kier molecular flexibility index (Phi) is 5.67. The third-order valence-electron chi connectivity index (χ3n) is 4.69. The predicted molar refractivity (Wildman–Crippen MR) is 107 cm³/mol. The standard InChI is InChI=1S/C20H22ClN5O/c21-18-5-2-6-19(26-7-9-27-10-8-26)17(18)13-22-12-15-3-1-4-16(11-15)20-23-14-24-25-20/h1-6,11,14,22H,7-10,12-13H2,(H,23,24,25). The van der Waals surface area contributed by atoms with Gasteiger partial charge in [-0.15, -0.1) is 0 Å². The van der Waals surface area contributed by atoms with Crippen molar-refractivity contribution < 1.29 is 4.74 Å². The van der Waals surface area contributed by atoms with E-state index in [0.717, 1.165) is 54.8 Å². The van der Waals surface area contributed by atoms with E-state index in [1.807, 2.05) is 24.3 Å². The van der Waals surface area contributed by atoms with E-state index in [1.54, 1.807) is 0 Å². The summed E-state index contributed by atoms with van der Waals surface area (Å²) in [6, 6.07) is 14.4. The molecule has 1 aromatic heterocycles. The van der Waals surface area contributed by atoms with Crippen molar-refractivity contribution in [2.45, 2.75) is 13.1 Å². The topological polar surface area (TPSA) is 66.1 Å². The number of hydrogen-bond donors (Lipinski definition) is 2. The van der Waals surface area contributed by atoms with Gasteiger partial charge < -0.3 is 15.0 Å². The van der Waals surface area contributed by atoms with Gasteiger partial charge >= 0.3 is 0 Å². The smallest absolute Gasteiger partial charge is 0.155 e. The SMILES string of the molecule is Clc1cccc(N2CCOCC2)c1CNCc1cccc(-c2ncn[nH]2)c1. The molecule has 1 aliphatic rings. The van der Waals surface area contributed by atoms with Crippen molar-refractivity contribution in [3.05, 3.63) is 64.9 Å². The van der Waals surface area contributed by atoms with Crippen LogP contribution >= 0.6 is 11.6 Å². The summed E-state index contributed by atoms with van der Waals surface area (Å²) in [7, 11) is 0. The van der Waals surface area contributed by atoms with Gasteiger partial charge in [-0.1, -0.05) is 35.9 Å². The summed E-state index contributed by atoms with van der Waals surface area (Å²) in [5, 5.41) is 11.1. The summed E-state index contributed by atoms with van der Waals surface area (Å²) in [5.41, 5.74) is 4.53. The number of morpholine rings is 1. The molecule has 4 rings (SSSR count). The molecule has 140 valence electrons. The number of nitrogens with zero attached hydrogens (tertiary/aromatic N) is 3. The van der Waals surface area contributed by atoms with Crippen molar-refractivity contribution >= 4 is 17.3 Å². The second-order valence-corrected chi connectivity index (χ2v) is 6.88. The van der Waals surface area contributed by atoms with Crippen LogP contribution in [0.3, 0.4) is 0 Å². The van der Waals surface area contributed by atoms with E-state index < -0.39 is 0 Å². The first-order valence-corrected chi connectivity index (χ1v) is 9.44. The highest BCUT2D eigenvalue weighted by Gasteiger charge is 2.16. The van der Waals surface area contributed by atoms with Gasteiger partial charge in [0.05, 0.1) is 13.2 Å². The van der Waals surface area contributed by atoms with E-state index >= 15 is 0 Å². The summed E-state index contributed by atoms with van der Waals surface area (Å²) in [5.74, 6) is 0.776. The van der Waals surface area contributed by atoms with Gasteiger partial charge in [-0.25, -0.2) is 4.98 Å². The fraction of sp³-hybridized carbons (Fsp3) is 0.300. The summed E-state index contributed by atoms with van der Waals surface area (Å²) < 4.78 is 5.47. The fourth-order valence-electron chi connectivity index (χ4n) is 3.33. The van der Waals surface area contributed by atoms with Crippen LogP contribution in [0.2, 0.25) is 5.02 Å². The lowest BCUT2D eigenvalue weighted by atomic mass is 10.1. The summed E-state index contributed by atoms with van der Waals surface area (Å²) >= 11 is 6.51. The molecule has 6 nitrogen and oxygen atoms in total. The average Bonchev–Trinajstić information content (AvgIpc) is 3.25. The summed E-state index contributed by atoms with van der Waals surface area (Å²) in [6.07, 6.45) is 1.52. The van der Waals surface area contributed by atoms with Gasteiger partial charge in [0, 0.05) is 48.0 Å². The van der Waals surface area contributed by atoms with Crippen LogP contribution in [0.25, 0.3) is 11.4 Å². The molecule has 1 saturated heterocycles. The van der Waals surface area contributed by atoms with Crippen molar-refractivity contribution in [1.82, 2.24) is 20.5 Å². The van der Waals surface area contributed by atoms with Gasteiger partial charge in [0.25, 0.3) is 0 Å². The number of nitrogens with one attached hydrogen (secondary N) is 2. The maximum absolute atomic E-state index is 6.51. The lowest BCUT2D eigenvalue weighted by molar-refractivity contribution is 0.122. The number of hydrogen-bond acceptors (Lipinski definition) is 5. The van der Waals surface area contributed by atoms with Crippen LogP contribution in [0.15, 0.2) is 48.8 Å². The Morgan fingerprint density at radius 3 is 2.78 bits per heavy atom. The minimum absolute atomic E-state index is 0.707. The first kappa shape index (κ1) is 18.0. The van der Waals surface area contributed by atoms with E-state index in [2.05, 4.69) is 43.6 Å². The van der Waals surface area contributed by atoms with Gasteiger partial charge in [0.2, 0.25) is 0 Å². The molecule has 2 aromatic carbocycles. The highest BCUT2D eigenvalue weighted by molar-refractivity contribution is 6.31. The molecule has 0 aliphatic carbocycles. The van der Waals surface area contributed by atoms with Crippen molar-refractivity contribution in [3.8, 4) is 11.4 Å². The molecule has 0 amide bonds. The molecule has 0 bridgehead atoms. The van der Waals surface area contributed by atoms with Gasteiger partial charge in [0.1, 0.15) is 6.33 Å². The molecule has 1 aliphatic heterocycles. The minimum atomic E-state index is 0.707. The van der Waals surface area contributed by atoms with Gasteiger partial charge in [-0.05, 0) is 23.8 Å². The molecule has 0 atom stereocenters. The molecule has 2 N–H and O–H groups in total. The van der Waals surface area contributed by atoms with Gasteiger partial charge in [-0.2, -0.15) is 5.10 Å². The van der Waals surface area contributed by atoms with E-state index in [9.17, 15) is 0 Å². The van der Waals surface area contributed by atoms with Gasteiger partial charge in [0.15, 0.2) is 5.82 Å². The summed E-state index contributed by atoms with van der Waals surface area (Å²) in [4.78, 5) is 6.55. The lowest BCUT2D eigenvalue weighted by Crippen LogP contribution is -2.37. The van der Waals surface area contributed by atoms with E-state index in [1.165, 1.54) is 17.6 Å². The number of aromatic amines is 1. The van der Waals surface area contributed by atoms with Crippen molar-refractivity contribution in [2.75, 3.05) is 31.2 Å². The Morgan fingerprint density at radius 1 is 1.11 bits per heavy atom. The Bertz CT molecular complexity index is 878. The quantitative estimate of drug-likeness (QED) is 0.684. The zero-order valence-corrected chi connectivity index (χ0v) is 15.7. The fourth-order valence-corrected chi connectivity index (χ4v) is 3.56. The maximum Gasteiger partial charge on any atom is 0.155 e. The Hall–Kier alpha value is -2.41. The van der Waals surface area contributed by atoms with Crippen LogP contribution < -0.4 is 10.2 Å². The van der Waals surface area contributed by atoms with E-state index in [4.69, 9.17) is 16.3 Å². The number of aromatic nitrogens is 3. The monoisotopic (exact) mass is 383 g/mol. The van der Waals surface area contributed by atoms with Crippen LogP contribution in [-0.2, 0) is 17.8 Å². The lowest BCUT2D eigenvalue weighted by Gasteiger charge is -2.31. The van der Waals surface area contributed by atoms with E-state index in [0.29, 0.717) is 6.54 Å². The Morgan fingerprint density at radius 2 is 1.96 bits per heavy atom. The Balaban J connectivity index is 1.44.